The van der Waals surface area contributed by atoms with Crippen LogP contribution in [0.15, 0.2) is 53.4 Å². The SMILES string of the molecule is CCS(=O)(=O)c1ccc([C@H](C)NC(=O)c2ccc(N3C[C@@H](OC)C[C@H]3COC(F)F)cc2)cc1. The molecule has 1 saturated heterocycles. The Bertz CT molecular complexity index is 1060. The van der Waals surface area contributed by atoms with Crippen LogP contribution in [0.1, 0.15) is 42.2 Å². The van der Waals surface area contributed by atoms with Gasteiger partial charge in [-0.15, -0.1) is 0 Å². The highest BCUT2D eigenvalue weighted by Crippen LogP contribution is 2.28. The molecule has 0 bridgehead atoms. The fourth-order valence-electron chi connectivity index (χ4n) is 4.00. The summed E-state index contributed by atoms with van der Waals surface area (Å²) in [5, 5.41) is 2.91. The summed E-state index contributed by atoms with van der Waals surface area (Å²) in [6.07, 6.45) is 0.482. The van der Waals surface area contributed by atoms with Crippen molar-refractivity contribution >= 4 is 21.4 Å². The summed E-state index contributed by atoms with van der Waals surface area (Å²) in [5.74, 6) is -0.254. The van der Waals surface area contributed by atoms with Crippen molar-refractivity contribution in [3.05, 3.63) is 59.7 Å². The van der Waals surface area contributed by atoms with Crippen molar-refractivity contribution in [2.24, 2.45) is 0 Å². The van der Waals surface area contributed by atoms with E-state index in [9.17, 15) is 22.0 Å². The smallest absolute Gasteiger partial charge is 0.345 e. The lowest BCUT2D eigenvalue weighted by molar-refractivity contribution is -0.132. The molecule has 0 unspecified atom stereocenters. The first-order valence-electron chi connectivity index (χ1n) is 11.1. The molecule has 1 fully saturated rings. The number of methoxy groups -OCH3 is 1. The molecule has 34 heavy (non-hydrogen) atoms. The van der Waals surface area contributed by atoms with Gasteiger partial charge in [-0.25, -0.2) is 8.42 Å². The van der Waals surface area contributed by atoms with Gasteiger partial charge in [-0.05, 0) is 55.3 Å². The predicted octanol–water partition coefficient (Wildman–Crippen LogP) is 3.80. The number of anilines is 1. The number of carbonyl (C=O) groups is 1. The second-order valence-corrected chi connectivity index (χ2v) is 10.5. The van der Waals surface area contributed by atoms with Crippen LogP contribution in [0.5, 0.6) is 0 Å². The number of rotatable bonds is 10. The van der Waals surface area contributed by atoms with E-state index in [-0.39, 0.29) is 41.4 Å². The molecule has 1 amide bonds. The minimum absolute atomic E-state index is 0.0260. The third kappa shape index (κ3) is 6.31. The molecule has 0 saturated carbocycles. The largest absolute Gasteiger partial charge is 0.380 e. The summed E-state index contributed by atoms with van der Waals surface area (Å²) < 4.78 is 58.9. The van der Waals surface area contributed by atoms with E-state index in [2.05, 4.69) is 10.1 Å². The van der Waals surface area contributed by atoms with Crippen LogP contribution in [0.25, 0.3) is 0 Å². The molecule has 1 aliphatic rings. The van der Waals surface area contributed by atoms with Gasteiger partial charge in [0.1, 0.15) is 0 Å². The van der Waals surface area contributed by atoms with Gasteiger partial charge in [0.05, 0.1) is 35.4 Å². The fourth-order valence-corrected chi connectivity index (χ4v) is 4.88. The van der Waals surface area contributed by atoms with E-state index in [1.54, 1.807) is 62.6 Å². The Kier molecular flexibility index (Phi) is 8.62. The molecule has 186 valence electrons. The molecule has 7 nitrogen and oxygen atoms in total. The Hall–Kier alpha value is -2.56. The van der Waals surface area contributed by atoms with Crippen molar-refractivity contribution in [1.29, 1.82) is 0 Å². The first kappa shape index (κ1) is 26.1. The summed E-state index contributed by atoms with van der Waals surface area (Å²) in [4.78, 5) is 14.9. The molecular weight excluding hydrogens is 466 g/mol. The van der Waals surface area contributed by atoms with Crippen LogP contribution in [0.3, 0.4) is 0 Å². The highest BCUT2D eigenvalue weighted by atomic mass is 32.2. The highest BCUT2D eigenvalue weighted by Gasteiger charge is 2.33. The topological polar surface area (TPSA) is 84.9 Å². The average molecular weight is 497 g/mol. The minimum atomic E-state index is -3.28. The Balaban J connectivity index is 1.65. The highest BCUT2D eigenvalue weighted by molar-refractivity contribution is 7.91. The lowest BCUT2D eigenvalue weighted by atomic mass is 10.1. The molecule has 3 atom stereocenters. The van der Waals surface area contributed by atoms with Gasteiger partial charge >= 0.3 is 6.61 Å². The molecule has 2 aromatic carbocycles. The van der Waals surface area contributed by atoms with E-state index in [1.807, 2.05) is 11.8 Å². The molecule has 1 N–H and O–H groups in total. The van der Waals surface area contributed by atoms with Crippen molar-refractivity contribution in [1.82, 2.24) is 5.32 Å². The van der Waals surface area contributed by atoms with E-state index in [4.69, 9.17) is 4.74 Å². The van der Waals surface area contributed by atoms with E-state index in [0.29, 0.717) is 18.5 Å². The van der Waals surface area contributed by atoms with Crippen LogP contribution in [-0.4, -0.2) is 59.1 Å². The van der Waals surface area contributed by atoms with E-state index >= 15 is 0 Å². The van der Waals surface area contributed by atoms with Crippen LogP contribution in [0.4, 0.5) is 14.5 Å². The molecule has 1 heterocycles. The zero-order chi connectivity index (χ0) is 24.9. The first-order chi connectivity index (χ1) is 16.1. The number of benzene rings is 2. The van der Waals surface area contributed by atoms with Gasteiger partial charge in [-0.1, -0.05) is 19.1 Å². The number of sulfone groups is 1. The number of hydrogen-bond acceptors (Lipinski definition) is 6. The number of nitrogens with one attached hydrogen (secondary N) is 1. The average Bonchev–Trinajstić information content (AvgIpc) is 3.26. The van der Waals surface area contributed by atoms with Crippen molar-refractivity contribution in [2.75, 3.05) is 30.9 Å². The zero-order valence-corrected chi connectivity index (χ0v) is 20.2. The molecule has 0 radical (unpaired) electrons. The van der Waals surface area contributed by atoms with Gasteiger partial charge in [-0.3, -0.25) is 4.79 Å². The third-order valence-electron chi connectivity index (χ3n) is 6.05. The van der Waals surface area contributed by atoms with Crippen LogP contribution in [0, 0.1) is 0 Å². The van der Waals surface area contributed by atoms with Crippen molar-refractivity contribution in [3.63, 3.8) is 0 Å². The summed E-state index contributed by atoms with van der Waals surface area (Å²) in [5.41, 5.74) is 2.02. The summed E-state index contributed by atoms with van der Waals surface area (Å²) in [7, 11) is -1.69. The molecule has 3 rings (SSSR count). The standard InChI is InChI=1S/C24H30F2N2O5S/c1-4-34(30,31)22-11-7-17(8-12-22)16(2)27-23(29)18-5-9-19(10-6-18)28-14-21(32-3)13-20(28)15-33-24(25)26/h5-12,16,20-21,24H,4,13-15H2,1-3H3,(H,27,29)/t16-,20-,21-/m0/s1. The lowest BCUT2D eigenvalue weighted by Crippen LogP contribution is -2.34. The van der Waals surface area contributed by atoms with E-state index < -0.39 is 16.4 Å². The molecule has 0 aliphatic carbocycles. The molecule has 10 heteroatoms. The maximum Gasteiger partial charge on any atom is 0.345 e. The number of alkyl halides is 2. The van der Waals surface area contributed by atoms with Gasteiger partial charge in [0, 0.05) is 24.9 Å². The zero-order valence-electron chi connectivity index (χ0n) is 19.4. The normalized spacial score (nSPS) is 19.4. The molecule has 1 aliphatic heterocycles. The van der Waals surface area contributed by atoms with E-state index in [0.717, 1.165) is 11.3 Å². The second-order valence-electron chi connectivity index (χ2n) is 8.21. The van der Waals surface area contributed by atoms with Crippen LogP contribution < -0.4 is 10.2 Å². The third-order valence-corrected chi connectivity index (χ3v) is 7.80. The number of amides is 1. The van der Waals surface area contributed by atoms with Crippen molar-refractivity contribution < 1.29 is 31.5 Å². The second kappa shape index (κ2) is 11.2. The van der Waals surface area contributed by atoms with E-state index in [1.165, 1.54) is 0 Å². The summed E-state index contributed by atoms with van der Waals surface area (Å²) in [6, 6.07) is 12.8. The monoisotopic (exact) mass is 496 g/mol. The lowest BCUT2D eigenvalue weighted by Gasteiger charge is -2.26. The van der Waals surface area contributed by atoms with Crippen molar-refractivity contribution in [3.8, 4) is 0 Å². The Labute approximate surface area is 199 Å². The quantitative estimate of drug-likeness (QED) is 0.539. The summed E-state index contributed by atoms with van der Waals surface area (Å²) in [6.45, 7) is 1.01. The molecule has 0 aromatic heterocycles. The number of hydrogen-bond donors (Lipinski definition) is 1. The van der Waals surface area contributed by atoms with Gasteiger partial charge in [-0.2, -0.15) is 8.78 Å². The van der Waals surface area contributed by atoms with Crippen LogP contribution >= 0.6 is 0 Å². The van der Waals surface area contributed by atoms with Gasteiger partial charge < -0.3 is 19.7 Å². The van der Waals surface area contributed by atoms with Crippen LogP contribution in [-0.2, 0) is 19.3 Å². The van der Waals surface area contributed by atoms with Crippen molar-refractivity contribution in [2.45, 2.75) is 50.0 Å². The molecular formula is C24H30F2N2O5S. The number of ether oxygens (including phenoxy) is 2. The van der Waals surface area contributed by atoms with Gasteiger partial charge in [0.2, 0.25) is 0 Å². The Morgan fingerprint density at radius 3 is 2.35 bits per heavy atom. The van der Waals surface area contributed by atoms with Crippen LogP contribution in [0.2, 0.25) is 0 Å². The number of carbonyl (C=O) groups excluding carboxylic acids is 1. The Morgan fingerprint density at radius 2 is 1.79 bits per heavy atom. The fraction of sp³-hybridized carbons (Fsp3) is 0.458. The minimum Gasteiger partial charge on any atom is -0.380 e. The Morgan fingerprint density at radius 1 is 1.15 bits per heavy atom. The summed E-state index contributed by atoms with van der Waals surface area (Å²) >= 11 is 0. The van der Waals surface area contributed by atoms with Gasteiger partial charge in [0.25, 0.3) is 5.91 Å². The number of nitrogens with zero attached hydrogens (tertiary/aromatic N) is 1. The maximum atomic E-state index is 12.7. The molecule has 0 spiro atoms. The predicted molar refractivity (Wildman–Crippen MR) is 125 cm³/mol. The first-order valence-corrected chi connectivity index (χ1v) is 12.7. The molecule has 2 aromatic rings. The van der Waals surface area contributed by atoms with Gasteiger partial charge in [0.15, 0.2) is 9.84 Å². The number of halogens is 2. The maximum absolute atomic E-state index is 12.7.